The molecule has 3 amide bonds. The lowest BCUT2D eigenvalue weighted by molar-refractivity contribution is -0.129. The average Bonchev–Trinajstić information content (AvgIpc) is 2.72. The third kappa shape index (κ3) is 2.98. The Bertz CT molecular complexity index is 487. The molecule has 0 unspecified atom stereocenters. The highest BCUT2D eigenvalue weighted by Crippen LogP contribution is 2.22. The molecule has 2 rings (SSSR count). The first-order valence-corrected chi connectivity index (χ1v) is 6.39. The maximum Gasteiger partial charge on any atom is 0.325 e. The van der Waals surface area contributed by atoms with Gasteiger partial charge in [0.25, 0.3) is 0 Å². The van der Waals surface area contributed by atoms with Gasteiger partial charge in [-0.15, -0.1) is 0 Å². The molecule has 5 nitrogen and oxygen atoms in total. The molecule has 0 aromatic heterocycles. The Kier molecular flexibility index (Phi) is 3.95. The van der Waals surface area contributed by atoms with Crippen LogP contribution < -0.4 is 4.90 Å². The number of halogens is 1. The Labute approximate surface area is 117 Å². The van der Waals surface area contributed by atoms with E-state index >= 15 is 0 Å². The van der Waals surface area contributed by atoms with E-state index < -0.39 is 0 Å². The Morgan fingerprint density at radius 3 is 2.47 bits per heavy atom. The molecule has 0 aliphatic carbocycles. The zero-order chi connectivity index (χ0) is 14.0. The lowest BCUT2D eigenvalue weighted by Gasteiger charge is -2.20. The van der Waals surface area contributed by atoms with Crippen LogP contribution in [0.4, 0.5) is 10.5 Å². The van der Waals surface area contributed by atoms with Crippen LogP contribution in [-0.2, 0) is 4.79 Å². The molecule has 1 aliphatic heterocycles. The first kappa shape index (κ1) is 13.7. The van der Waals surface area contributed by atoms with Gasteiger partial charge in [0, 0.05) is 37.9 Å². The summed E-state index contributed by atoms with van der Waals surface area (Å²) >= 11 is 5.82. The molecule has 1 fully saturated rings. The Morgan fingerprint density at radius 2 is 1.89 bits per heavy atom. The van der Waals surface area contributed by atoms with E-state index in [1.54, 1.807) is 48.2 Å². The third-order valence-corrected chi connectivity index (χ3v) is 3.31. The van der Waals surface area contributed by atoms with E-state index in [9.17, 15) is 9.59 Å². The molecule has 0 atom stereocenters. The number of rotatable bonds is 3. The van der Waals surface area contributed by atoms with E-state index in [2.05, 4.69) is 0 Å². The van der Waals surface area contributed by atoms with E-state index in [0.717, 1.165) is 5.69 Å². The minimum absolute atomic E-state index is 0.0775. The third-order valence-electron chi connectivity index (χ3n) is 3.06. The number of anilines is 1. The lowest BCUT2D eigenvalue weighted by Crippen LogP contribution is -2.39. The summed E-state index contributed by atoms with van der Waals surface area (Å²) in [5.74, 6) is -0.0775. The molecule has 0 N–H and O–H groups in total. The van der Waals surface area contributed by atoms with Crippen LogP contribution in [-0.4, -0.2) is 55.5 Å². The summed E-state index contributed by atoms with van der Waals surface area (Å²) in [5.41, 5.74) is 0.800. The van der Waals surface area contributed by atoms with Crippen molar-refractivity contribution < 1.29 is 9.59 Å². The van der Waals surface area contributed by atoms with Crippen molar-refractivity contribution in [1.29, 1.82) is 0 Å². The standard InChI is InChI=1S/C13H16ClN3O2/c1-15(2)12(18)9-16-7-8-17(13(16)19)11-5-3-10(14)4-6-11/h3-6H,7-9H2,1-2H3. The molecule has 6 heteroatoms. The van der Waals surface area contributed by atoms with Gasteiger partial charge in [-0.3, -0.25) is 9.69 Å². The number of likely N-dealkylation sites (N-methyl/N-ethyl adjacent to an activating group) is 1. The van der Waals surface area contributed by atoms with E-state index in [-0.39, 0.29) is 18.5 Å². The summed E-state index contributed by atoms with van der Waals surface area (Å²) in [6, 6.07) is 6.96. The summed E-state index contributed by atoms with van der Waals surface area (Å²) < 4.78 is 0. The molecule has 102 valence electrons. The minimum Gasteiger partial charge on any atom is -0.347 e. The number of benzene rings is 1. The van der Waals surface area contributed by atoms with Gasteiger partial charge in [-0.2, -0.15) is 0 Å². The SMILES string of the molecule is CN(C)C(=O)CN1CCN(c2ccc(Cl)cc2)C1=O. The van der Waals surface area contributed by atoms with Crippen LogP contribution in [0.15, 0.2) is 24.3 Å². The van der Waals surface area contributed by atoms with Crippen molar-refractivity contribution in [2.45, 2.75) is 0 Å². The Balaban J connectivity index is 2.05. The molecule has 1 saturated heterocycles. The zero-order valence-corrected chi connectivity index (χ0v) is 11.7. The fourth-order valence-corrected chi connectivity index (χ4v) is 2.02. The van der Waals surface area contributed by atoms with Crippen LogP contribution in [0.25, 0.3) is 0 Å². The topological polar surface area (TPSA) is 43.9 Å². The summed E-state index contributed by atoms with van der Waals surface area (Å²) in [6.07, 6.45) is 0. The van der Waals surface area contributed by atoms with Gasteiger partial charge in [0.05, 0.1) is 0 Å². The highest BCUT2D eigenvalue weighted by molar-refractivity contribution is 6.30. The summed E-state index contributed by atoms with van der Waals surface area (Å²) in [6.45, 7) is 1.26. The Morgan fingerprint density at radius 1 is 1.26 bits per heavy atom. The van der Waals surface area contributed by atoms with Crippen LogP contribution >= 0.6 is 11.6 Å². The van der Waals surface area contributed by atoms with E-state index in [1.807, 2.05) is 0 Å². The second-order valence-electron chi connectivity index (χ2n) is 4.62. The number of carbonyl (C=O) groups excluding carboxylic acids is 2. The second kappa shape index (κ2) is 5.48. The fraction of sp³-hybridized carbons (Fsp3) is 0.385. The van der Waals surface area contributed by atoms with Gasteiger partial charge in [0.1, 0.15) is 6.54 Å². The molecular formula is C13H16ClN3O2. The van der Waals surface area contributed by atoms with E-state index in [1.165, 1.54) is 4.90 Å². The minimum atomic E-state index is -0.141. The molecule has 1 aliphatic rings. The van der Waals surface area contributed by atoms with Crippen molar-refractivity contribution in [3.63, 3.8) is 0 Å². The highest BCUT2D eigenvalue weighted by Gasteiger charge is 2.30. The molecule has 1 aromatic rings. The molecular weight excluding hydrogens is 266 g/mol. The van der Waals surface area contributed by atoms with Gasteiger partial charge in [-0.1, -0.05) is 11.6 Å². The van der Waals surface area contributed by atoms with Crippen molar-refractivity contribution in [2.75, 3.05) is 38.6 Å². The number of hydrogen-bond donors (Lipinski definition) is 0. The van der Waals surface area contributed by atoms with Crippen LogP contribution in [0.3, 0.4) is 0 Å². The average molecular weight is 282 g/mol. The maximum atomic E-state index is 12.2. The summed E-state index contributed by atoms with van der Waals surface area (Å²) in [5, 5.41) is 0.634. The largest absolute Gasteiger partial charge is 0.347 e. The van der Waals surface area contributed by atoms with Crippen molar-refractivity contribution in [2.24, 2.45) is 0 Å². The van der Waals surface area contributed by atoms with Crippen molar-refractivity contribution in [3.8, 4) is 0 Å². The van der Waals surface area contributed by atoms with Gasteiger partial charge < -0.3 is 9.80 Å². The van der Waals surface area contributed by atoms with Gasteiger partial charge >= 0.3 is 6.03 Å². The second-order valence-corrected chi connectivity index (χ2v) is 5.06. The number of amides is 3. The molecule has 1 heterocycles. The van der Waals surface area contributed by atoms with Crippen molar-refractivity contribution in [3.05, 3.63) is 29.3 Å². The molecule has 0 spiro atoms. The van der Waals surface area contributed by atoms with Crippen molar-refractivity contribution in [1.82, 2.24) is 9.80 Å². The predicted octanol–water partition coefficient (Wildman–Crippen LogP) is 1.67. The number of hydrogen-bond acceptors (Lipinski definition) is 2. The van der Waals surface area contributed by atoms with Gasteiger partial charge in [0.15, 0.2) is 0 Å². The van der Waals surface area contributed by atoms with Crippen LogP contribution in [0.2, 0.25) is 5.02 Å². The van der Waals surface area contributed by atoms with Crippen LogP contribution in [0.1, 0.15) is 0 Å². The smallest absolute Gasteiger partial charge is 0.325 e. The fourth-order valence-electron chi connectivity index (χ4n) is 1.89. The lowest BCUT2D eigenvalue weighted by atomic mass is 10.3. The molecule has 1 aromatic carbocycles. The number of carbonyl (C=O) groups is 2. The molecule has 0 bridgehead atoms. The first-order valence-electron chi connectivity index (χ1n) is 6.01. The van der Waals surface area contributed by atoms with Crippen molar-refractivity contribution >= 4 is 29.2 Å². The van der Waals surface area contributed by atoms with E-state index in [0.29, 0.717) is 18.1 Å². The normalized spacial score (nSPS) is 15.0. The maximum absolute atomic E-state index is 12.2. The Hall–Kier alpha value is -1.75. The first-order chi connectivity index (χ1) is 8.99. The molecule has 0 radical (unpaired) electrons. The van der Waals surface area contributed by atoms with Gasteiger partial charge in [-0.25, -0.2) is 4.79 Å². The van der Waals surface area contributed by atoms with Crippen LogP contribution in [0, 0.1) is 0 Å². The zero-order valence-electron chi connectivity index (χ0n) is 11.0. The van der Waals surface area contributed by atoms with Gasteiger partial charge in [-0.05, 0) is 24.3 Å². The quantitative estimate of drug-likeness (QED) is 0.846. The molecule has 19 heavy (non-hydrogen) atoms. The van der Waals surface area contributed by atoms with Gasteiger partial charge in [0.2, 0.25) is 5.91 Å². The monoisotopic (exact) mass is 281 g/mol. The summed E-state index contributed by atoms with van der Waals surface area (Å²) in [7, 11) is 3.36. The highest BCUT2D eigenvalue weighted by atomic mass is 35.5. The number of urea groups is 1. The predicted molar refractivity (Wildman–Crippen MR) is 74.5 cm³/mol. The summed E-state index contributed by atoms with van der Waals surface area (Å²) in [4.78, 5) is 28.5. The number of nitrogens with zero attached hydrogens (tertiary/aromatic N) is 3. The molecule has 0 saturated carbocycles. The van der Waals surface area contributed by atoms with Crippen LogP contribution in [0.5, 0.6) is 0 Å². The van der Waals surface area contributed by atoms with E-state index in [4.69, 9.17) is 11.6 Å².